The van der Waals surface area contributed by atoms with Crippen LogP contribution in [0.4, 0.5) is 4.79 Å². The topological polar surface area (TPSA) is 308 Å². The zero-order valence-corrected chi connectivity index (χ0v) is 19.8. The van der Waals surface area contributed by atoms with Gasteiger partial charge in [0.15, 0.2) is 12.4 Å². The van der Waals surface area contributed by atoms with E-state index in [2.05, 4.69) is 28.7 Å². The molecular weight excluding hydrogens is 472 g/mol. The molecule has 3 rings (SSSR count). The lowest BCUT2D eigenvalue weighted by Crippen LogP contribution is -2.84. The third kappa shape index (κ3) is 6.37. The fraction of sp³-hybridized carbons (Fsp3) is 0.947. The minimum Gasteiger partial charge on any atom is -0.447 e. The van der Waals surface area contributed by atoms with Crippen molar-refractivity contribution in [3.05, 3.63) is 0 Å². The Kier molecular flexibility index (Phi) is 9.60. The van der Waals surface area contributed by atoms with Gasteiger partial charge in [0.25, 0.3) is 0 Å². The largest absolute Gasteiger partial charge is 0.447 e. The number of hydrogen-bond donors (Lipinski definition) is 10. The number of rotatable bonds is 7. The van der Waals surface area contributed by atoms with Crippen LogP contribution in [0.15, 0.2) is 0 Å². The summed E-state index contributed by atoms with van der Waals surface area (Å²) >= 11 is 0. The minimum absolute atomic E-state index is 0.344. The van der Waals surface area contributed by atoms with Gasteiger partial charge >= 0.3 is 6.09 Å². The fourth-order valence-corrected chi connectivity index (χ4v) is 4.87. The number of hydrogen-bond acceptors (Lipinski definition) is 10. The second kappa shape index (κ2) is 11.9. The van der Waals surface area contributed by atoms with Crippen LogP contribution in [0, 0.1) is 0 Å². The normalized spacial score (nSPS) is 48.9. The van der Waals surface area contributed by atoms with Gasteiger partial charge < -0.3 is 78.5 Å². The van der Waals surface area contributed by atoms with E-state index in [4.69, 9.17) is 29.4 Å². The second-order valence-corrected chi connectivity index (χ2v) is 9.66. The van der Waals surface area contributed by atoms with Gasteiger partial charge in [-0.15, -0.1) is 0 Å². The maximum Gasteiger partial charge on any atom is 0.404 e. The molecule has 3 fully saturated rings. The summed E-state index contributed by atoms with van der Waals surface area (Å²) in [6.45, 7) is -0.0247. The first-order valence-electron chi connectivity index (χ1n) is 11.8. The summed E-state index contributed by atoms with van der Waals surface area (Å²) in [5.41, 5.74) is 24.7. The summed E-state index contributed by atoms with van der Waals surface area (Å²) in [4.78, 5) is 11.0. The summed E-state index contributed by atoms with van der Waals surface area (Å²) in [6.07, 6.45) is -10.2. The van der Waals surface area contributed by atoms with E-state index in [1.807, 2.05) is 0 Å². The number of quaternary nitrogens is 5. The number of aliphatic hydroxyl groups is 4. The molecule has 0 bridgehead atoms. The zero-order chi connectivity index (χ0) is 26.0. The summed E-state index contributed by atoms with van der Waals surface area (Å²) in [5, 5.41) is 42.2. The molecule has 3 aliphatic rings. The van der Waals surface area contributed by atoms with Gasteiger partial charge in [-0.05, 0) is 0 Å². The van der Waals surface area contributed by atoms with Crippen molar-refractivity contribution in [1.82, 2.24) is 0 Å². The van der Waals surface area contributed by atoms with E-state index < -0.39 is 79.6 Å². The van der Waals surface area contributed by atoms with Crippen molar-refractivity contribution in [2.24, 2.45) is 5.73 Å². The Bertz CT molecular complexity index is 711. The van der Waals surface area contributed by atoms with Crippen molar-refractivity contribution in [3.63, 3.8) is 0 Å². The highest BCUT2D eigenvalue weighted by molar-refractivity contribution is 5.64. The average Bonchev–Trinajstić information content (AvgIpc) is 2.79. The molecule has 0 aromatic heterocycles. The third-order valence-electron chi connectivity index (χ3n) is 6.98. The van der Waals surface area contributed by atoms with Gasteiger partial charge in [-0.1, -0.05) is 0 Å². The number of nitrogens with two attached hydrogens (primary N) is 1. The summed E-state index contributed by atoms with van der Waals surface area (Å²) in [6, 6.07) is -2.10. The molecule has 1 amide bonds. The molecule has 2 heterocycles. The van der Waals surface area contributed by atoms with Crippen molar-refractivity contribution >= 4 is 6.09 Å². The number of amides is 1. The van der Waals surface area contributed by atoms with E-state index in [1.165, 1.54) is 0 Å². The quantitative estimate of drug-likeness (QED) is 0.152. The lowest BCUT2D eigenvalue weighted by Gasteiger charge is -2.44. The van der Waals surface area contributed by atoms with Crippen LogP contribution in [0.2, 0.25) is 0 Å². The molecule has 2 aliphatic heterocycles. The first-order chi connectivity index (χ1) is 16.4. The van der Waals surface area contributed by atoms with E-state index in [-0.39, 0.29) is 18.7 Å². The maximum atomic E-state index is 11.2. The average molecular weight is 516 g/mol. The molecular formula is C19H43N6O10+5. The number of carbonyl (C=O) groups is 1. The zero-order valence-electron chi connectivity index (χ0n) is 19.8. The molecule has 35 heavy (non-hydrogen) atoms. The van der Waals surface area contributed by atoms with Crippen LogP contribution in [-0.4, -0.2) is 125 Å². The van der Waals surface area contributed by atoms with Crippen LogP contribution in [0.5, 0.6) is 0 Å². The Hall–Kier alpha value is -1.25. The number of ether oxygens (including phenoxy) is 5. The molecule has 1 aliphatic carbocycles. The molecule has 16 heteroatoms. The molecule has 21 N–H and O–H groups in total. The van der Waals surface area contributed by atoms with E-state index in [1.54, 1.807) is 0 Å². The molecule has 0 aromatic rings. The molecule has 204 valence electrons. The number of aliphatic hydroxyl groups excluding tert-OH is 4. The lowest BCUT2D eigenvalue weighted by molar-refractivity contribution is -0.534. The summed E-state index contributed by atoms with van der Waals surface area (Å²) < 4.78 is 28.2. The Morgan fingerprint density at radius 1 is 0.829 bits per heavy atom. The van der Waals surface area contributed by atoms with Gasteiger partial charge in [-0.3, -0.25) is 0 Å². The predicted molar refractivity (Wildman–Crippen MR) is 110 cm³/mol. The Morgan fingerprint density at radius 3 is 1.97 bits per heavy atom. The van der Waals surface area contributed by atoms with E-state index in [0.29, 0.717) is 19.4 Å². The Morgan fingerprint density at radius 2 is 1.40 bits per heavy atom. The molecule has 16 nitrogen and oxygen atoms in total. The first-order valence-corrected chi connectivity index (χ1v) is 11.8. The highest BCUT2D eigenvalue weighted by atomic mass is 16.7. The second-order valence-electron chi connectivity index (χ2n) is 9.66. The van der Waals surface area contributed by atoms with Gasteiger partial charge in [0, 0.05) is 6.42 Å². The van der Waals surface area contributed by atoms with Crippen LogP contribution in [-0.2, 0) is 23.7 Å². The monoisotopic (exact) mass is 515 g/mol. The molecule has 0 spiro atoms. The van der Waals surface area contributed by atoms with Gasteiger partial charge in [0.2, 0.25) is 6.29 Å². The van der Waals surface area contributed by atoms with Gasteiger partial charge in [0.1, 0.15) is 73.9 Å². The third-order valence-corrected chi connectivity index (χ3v) is 6.98. The van der Waals surface area contributed by atoms with Gasteiger partial charge in [0.05, 0.1) is 12.5 Å². The van der Waals surface area contributed by atoms with E-state index >= 15 is 0 Å². The smallest absolute Gasteiger partial charge is 0.404 e. The predicted octanol–water partition coefficient (Wildman–Crippen LogP) is -9.78. The number of carbonyl (C=O) groups excluding carboxylic acids is 1. The fourth-order valence-electron chi connectivity index (χ4n) is 4.87. The van der Waals surface area contributed by atoms with Gasteiger partial charge in [-0.2, -0.15) is 0 Å². The highest BCUT2D eigenvalue weighted by Gasteiger charge is 2.53. The highest BCUT2D eigenvalue weighted by Crippen LogP contribution is 2.29. The number of primary amides is 1. The van der Waals surface area contributed by atoms with Crippen LogP contribution in [0.25, 0.3) is 0 Å². The van der Waals surface area contributed by atoms with Crippen LogP contribution in [0.1, 0.15) is 12.8 Å². The van der Waals surface area contributed by atoms with Crippen LogP contribution in [0.3, 0.4) is 0 Å². The molecule has 1 saturated carbocycles. The molecule has 0 unspecified atom stereocenters. The first kappa shape index (κ1) is 28.3. The molecule has 0 radical (unpaired) electrons. The van der Waals surface area contributed by atoms with Crippen molar-refractivity contribution in [2.45, 2.75) is 98.4 Å². The van der Waals surface area contributed by atoms with Crippen molar-refractivity contribution in [3.8, 4) is 0 Å². The maximum absolute atomic E-state index is 11.2. The van der Waals surface area contributed by atoms with Crippen LogP contribution >= 0.6 is 0 Å². The summed E-state index contributed by atoms with van der Waals surface area (Å²) in [5.74, 6) is 0. The van der Waals surface area contributed by atoms with E-state index in [0.717, 1.165) is 0 Å². The van der Waals surface area contributed by atoms with Crippen molar-refractivity contribution in [2.75, 3.05) is 13.2 Å². The SMILES string of the molecule is NC(=O)OC[C@H]1O[C@H](O[C@@H]2[C@@H](O)[C@H](O[C@H]3O[C@H](C[NH3+])[C@@H](O)C[C@H]3[NH3+])[C@@H]([NH3+])C[C@H]2[NH3+])[C@H](O)[C@@H]([NH3+])[C@@H]1O. The van der Waals surface area contributed by atoms with Crippen molar-refractivity contribution < 1.29 is 77.6 Å². The Labute approximate surface area is 201 Å². The minimum atomic E-state index is -1.34. The lowest BCUT2D eigenvalue weighted by atomic mass is 9.84. The Balaban J connectivity index is 1.70. The summed E-state index contributed by atoms with van der Waals surface area (Å²) in [7, 11) is 0. The molecule has 0 aromatic carbocycles. The van der Waals surface area contributed by atoms with Crippen LogP contribution < -0.4 is 34.4 Å². The van der Waals surface area contributed by atoms with Crippen molar-refractivity contribution in [1.29, 1.82) is 0 Å². The van der Waals surface area contributed by atoms with Gasteiger partial charge in [-0.25, -0.2) is 4.79 Å². The standard InChI is InChI=1S/C19H38N6O10/c20-3-9-8(26)2-7(23)17(32-9)34-15-5(21)1-6(22)16(14(15)29)35-18-13(28)11(24)12(27)10(33-18)4-31-19(25)30/h5-18,26-29H,1-4,20-24H2,(H2,25,30)/p+5/t5-,6+,7+,8-,9+,10+,11-,12+,13+,14-,15+,16-,17+,18+/m0/s1. The molecule has 14 atom stereocenters. The molecule has 2 saturated heterocycles. The van der Waals surface area contributed by atoms with E-state index in [9.17, 15) is 25.2 Å².